The normalized spacial score (nSPS) is 19.2. The number of rotatable bonds is 6. The summed E-state index contributed by atoms with van der Waals surface area (Å²) >= 11 is 0. The lowest BCUT2D eigenvalue weighted by molar-refractivity contribution is 0.152. The molecule has 2 aromatic heterocycles. The molecule has 7 nitrogen and oxygen atoms in total. The van der Waals surface area contributed by atoms with Crippen LogP contribution in [0.15, 0.2) is 35.1 Å². The van der Waals surface area contributed by atoms with E-state index >= 15 is 0 Å². The molecule has 0 radical (unpaired) electrons. The average Bonchev–Trinajstić information content (AvgIpc) is 3.08. The number of fused-ring (bicyclic) bond motifs is 1. The van der Waals surface area contributed by atoms with Gasteiger partial charge in [0.2, 0.25) is 10.0 Å². The molecule has 0 bridgehead atoms. The first-order chi connectivity index (χ1) is 10.5. The molecular weight excluding hydrogens is 304 g/mol. The van der Waals surface area contributed by atoms with Crippen LogP contribution in [0.2, 0.25) is 0 Å². The molecule has 22 heavy (non-hydrogen) atoms. The highest BCUT2D eigenvalue weighted by Crippen LogP contribution is 2.24. The van der Waals surface area contributed by atoms with E-state index in [1.165, 1.54) is 6.26 Å². The minimum absolute atomic E-state index is 0.156. The molecule has 3 rings (SSSR count). The van der Waals surface area contributed by atoms with E-state index in [1.54, 1.807) is 12.5 Å². The lowest BCUT2D eigenvalue weighted by Gasteiger charge is -2.33. The first-order valence-electron chi connectivity index (χ1n) is 7.23. The Balaban J connectivity index is 1.66. The van der Waals surface area contributed by atoms with Crippen LogP contribution < -0.4 is 4.72 Å². The first-order valence-corrected chi connectivity index (χ1v) is 9.12. The van der Waals surface area contributed by atoms with E-state index in [0.717, 1.165) is 31.1 Å². The molecule has 1 aliphatic rings. The van der Waals surface area contributed by atoms with Crippen molar-refractivity contribution in [1.82, 2.24) is 19.4 Å². The summed E-state index contributed by atoms with van der Waals surface area (Å²) in [5.41, 5.74) is 1.14. The highest BCUT2D eigenvalue weighted by molar-refractivity contribution is 7.88. The van der Waals surface area contributed by atoms with Crippen LogP contribution in [0.3, 0.4) is 0 Å². The van der Waals surface area contributed by atoms with Gasteiger partial charge in [-0.3, -0.25) is 9.58 Å². The summed E-state index contributed by atoms with van der Waals surface area (Å²) in [5, 5.41) is 4.37. The van der Waals surface area contributed by atoms with Crippen molar-refractivity contribution < 1.29 is 12.8 Å². The maximum Gasteiger partial charge on any atom is 0.208 e. The van der Waals surface area contributed by atoms with Crippen LogP contribution in [0.25, 0.3) is 0 Å². The number of sulfonamides is 1. The van der Waals surface area contributed by atoms with E-state index in [2.05, 4.69) is 14.7 Å². The maximum atomic E-state index is 11.2. The molecule has 0 amide bonds. The fraction of sp³-hybridized carbons (Fsp3) is 0.500. The summed E-state index contributed by atoms with van der Waals surface area (Å²) in [7, 11) is -3.15. The molecule has 8 heteroatoms. The van der Waals surface area contributed by atoms with Gasteiger partial charge in [0.1, 0.15) is 5.76 Å². The molecule has 0 saturated heterocycles. The zero-order chi connectivity index (χ0) is 15.6. The first kappa shape index (κ1) is 15.3. The van der Waals surface area contributed by atoms with Gasteiger partial charge in [-0.05, 0) is 24.6 Å². The fourth-order valence-electron chi connectivity index (χ4n) is 2.83. The highest BCUT2D eigenvalue weighted by atomic mass is 32.2. The summed E-state index contributed by atoms with van der Waals surface area (Å²) in [6.07, 6.45) is 5.35. The van der Waals surface area contributed by atoms with Crippen LogP contribution in [0.5, 0.6) is 0 Å². The highest BCUT2D eigenvalue weighted by Gasteiger charge is 2.25. The van der Waals surface area contributed by atoms with Crippen LogP contribution in [0.1, 0.15) is 23.9 Å². The molecule has 0 spiro atoms. The van der Waals surface area contributed by atoms with Gasteiger partial charge in [0.15, 0.2) is 0 Å². The largest absolute Gasteiger partial charge is 0.468 e. The molecule has 0 aliphatic carbocycles. The zero-order valence-corrected chi connectivity index (χ0v) is 13.3. The van der Waals surface area contributed by atoms with Crippen molar-refractivity contribution in [2.75, 3.05) is 19.3 Å². The predicted molar refractivity (Wildman–Crippen MR) is 81.5 cm³/mol. The Morgan fingerprint density at radius 3 is 3.05 bits per heavy atom. The molecule has 3 heterocycles. The Kier molecular flexibility index (Phi) is 4.32. The third kappa shape index (κ3) is 3.76. The van der Waals surface area contributed by atoms with E-state index in [0.29, 0.717) is 13.0 Å². The second-order valence-corrected chi connectivity index (χ2v) is 7.46. The minimum Gasteiger partial charge on any atom is -0.468 e. The molecule has 2 aromatic rings. The second kappa shape index (κ2) is 6.23. The van der Waals surface area contributed by atoms with E-state index in [9.17, 15) is 8.42 Å². The average molecular weight is 324 g/mol. The smallest absolute Gasteiger partial charge is 0.208 e. The topological polar surface area (TPSA) is 80.4 Å². The Morgan fingerprint density at radius 1 is 1.45 bits per heavy atom. The monoisotopic (exact) mass is 324 g/mol. The molecule has 1 N–H and O–H groups in total. The Labute approximate surface area is 130 Å². The van der Waals surface area contributed by atoms with E-state index in [-0.39, 0.29) is 6.04 Å². The molecule has 1 atom stereocenters. The van der Waals surface area contributed by atoms with Gasteiger partial charge in [-0.25, -0.2) is 13.1 Å². The Bertz CT molecular complexity index is 708. The van der Waals surface area contributed by atoms with Gasteiger partial charge in [-0.1, -0.05) is 0 Å². The number of hydrogen-bond donors (Lipinski definition) is 1. The number of hydrogen-bond acceptors (Lipinski definition) is 5. The van der Waals surface area contributed by atoms with Crippen LogP contribution >= 0.6 is 0 Å². The molecule has 120 valence electrons. The molecule has 0 saturated carbocycles. The molecule has 0 fully saturated rings. The van der Waals surface area contributed by atoms with Gasteiger partial charge in [-0.15, -0.1) is 0 Å². The van der Waals surface area contributed by atoms with E-state index in [1.807, 2.05) is 22.9 Å². The van der Waals surface area contributed by atoms with Crippen molar-refractivity contribution in [3.63, 3.8) is 0 Å². The molecular formula is C14H20N4O3S. The zero-order valence-electron chi connectivity index (χ0n) is 12.5. The standard InChI is InChI=1S/C14H20N4O3S/c1-22(19,20)16-7-5-13-10-17(11-14-3-2-8-21-14)9-12-4-6-15-18(12)13/h2-4,6,8,13,16H,5,7,9-11H2,1H3. The summed E-state index contributed by atoms with van der Waals surface area (Å²) in [4.78, 5) is 2.29. The van der Waals surface area contributed by atoms with Crippen molar-refractivity contribution in [3.8, 4) is 0 Å². The van der Waals surface area contributed by atoms with Crippen LogP contribution in [0, 0.1) is 0 Å². The Hall–Kier alpha value is -1.64. The SMILES string of the molecule is CS(=O)(=O)NCCC1CN(Cc2ccco2)Cc2ccnn21. The molecule has 1 unspecified atom stereocenters. The van der Waals surface area contributed by atoms with Crippen LogP contribution in [0.4, 0.5) is 0 Å². The lowest BCUT2D eigenvalue weighted by atomic mass is 10.1. The van der Waals surface area contributed by atoms with Gasteiger partial charge >= 0.3 is 0 Å². The second-order valence-electron chi connectivity index (χ2n) is 5.63. The third-order valence-electron chi connectivity index (χ3n) is 3.75. The fourth-order valence-corrected chi connectivity index (χ4v) is 3.32. The third-order valence-corrected chi connectivity index (χ3v) is 4.48. The summed E-state index contributed by atoms with van der Waals surface area (Å²) < 4.78 is 32.3. The summed E-state index contributed by atoms with van der Waals surface area (Å²) in [5.74, 6) is 0.931. The van der Waals surface area contributed by atoms with Crippen molar-refractivity contribution in [1.29, 1.82) is 0 Å². The number of nitrogens with zero attached hydrogens (tertiary/aromatic N) is 3. The molecule has 0 aromatic carbocycles. The lowest BCUT2D eigenvalue weighted by Crippen LogP contribution is -2.38. The minimum atomic E-state index is -3.15. The Morgan fingerprint density at radius 2 is 2.32 bits per heavy atom. The summed E-state index contributed by atoms with van der Waals surface area (Å²) in [6, 6.07) is 6.01. The molecule has 1 aliphatic heterocycles. The number of aromatic nitrogens is 2. The van der Waals surface area contributed by atoms with Crippen LogP contribution in [-0.4, -0.2) is 42.4 Å². The van der Waals surface area contributed by atoms with E-state index < -0.39 is 10.0 Å². The summed E-state index contributed by atoms with van der Waals surface area (Å²) in [6.45, 7) is 2.79. The van der Waals surface area contributed by atoms with Crippen molar-refractivity contribution in [2.24, 2.45) is 0 Å². The number of nitrogens with one attached hydrogen (secondary N) is 1. The van der Waals surface area contributed by atoms with Gasteiger partial charge in [-0.2, -0.15) is 5.10 Å². The van der Waals surface area contributed by atoms with E-state index in [4.69, 9.17) is 4.42 Å². The van der Waals surface area contributed by atoms with Gasteiger partial charge in [0.05, 0.1) is 30.8 Å². The van der Waals surface area contributed by atoms with Gasteiger partial charge in [0, 0.05) is 25.8 Å². The van der Waals surface area contributed by atoms with Crippen molar-refractivity contribution >= 4 is 10.0 Å². The van der Waals surface area contributed by atoms with Crippen molar-refractivity contribution in [2.45, 2.75) is 25.6 Å². The van der Waals surface area contributed by atoms with Gasteiger partial charge in [0.25, 0.3) is 0 Å². The quantitative estimate of drug-likeness (QED) is 0.856. The maximum absolute atomic E-state index is 11.2. The number of furan rings is 1. The van der Waals surface area contributed by atoms with Crippen molar-refractivity contribution in [3.05, 3.63) is 42.1 Å². The predicted octanol–water partition coefficient (Wildman–Crippen LogP) is 0.972. The van der Waals surface area contributed by atoms with Crippen LogP contribution in [-0.2, 0) is 23.1 Å². The van der Waals surface area contributed by atoms with Gasteiger partial charge < -0.3 is 4.42 Å².